The number of β-lactam (4-membered cyclic amide) rings is 1. The number of amides is 1. The average molecular weight is 492 g/mol. The van der Waals surface area contributed by atoms with Gasteiger partial charge in [0, 0.05) is 17.7 Å². The molecule has 36 heavy (non-hydrogen) atoms. The van der Waals surface area contributed by atoms with Crippen molar-refractivity contribution in [1.82, 2.24) is 0 Å². The van der Waals surface area contributed by atoms with Crippen molar-refractivity contribution in [2.24, 2.45) is 11.3 Å². The van der Waals surface area contributed by atoms with Gasteiger partial charge in [0.25, 0.3) is 0 Å². The summed E-state index contributed by atoms with van der Waals surface area (Å²) < 4.78 is 32.1. The monoisotopic (exact) mass is 491 g/mol. The third kappa shape index (κ3) is 5.35. The molecule has 3 aromatic carbocycles. The zero-order valence-corrected chi connectivity index (χ0v) is 20.3. The molecule has 4 rings (SSSR count). The number of rotatable bonds is 7. The van der Waals surface area contributed by atoms with Gasteiger partial charge in [-0.1, -0.05) is 12.1 Å². The van der Waals surface area contributed by atoms with Crippen molar-refractivity contribution in [3.05, 3.63) is 95.6 Å². The minimum absolute atomic E-state index is 0.122. The third-order valence-electron chi connectivity index (χ3n) is 6.21. The summed E-state index contributed by atoms with van der Waals surface area (Å²) in [6, 6.07) is 17.5. The Balaban J connectivity index is 1.55. The third-order valence-corrected chi connectivity index (χ3v) is 6.21. The summed E-state index contributed by atoms with van der Waals surface area (Å²) in [6.07, 6.45) is 0.426. The fourth-order valence-corrected chi connectivity index (χ4v) is 4.16. The number of hydrogen-bond acceptors (Lipinski definition) is 4. The van der Waals surface area contributed by atoms with Gasteiger partial charge in [-0.2, -0.15) is 0 Å². The van der Waals surface area contributed by atoms with Gasteiger partial charge >= 0.3 is 5.97 Å². The summed E-state index contributed by atoms with van der Waals surface area (Å²) in [4.78, 5) is 39.6. The first-order chi connectivity index (χ1) is 17.0. The first-order valence-corrected chi connectivity index (χ1v) is 11.7. The summed E-state index contributed by atoms with van der Waals surface area (Å²) in [7, 11) is 0. The number of ketones is 1. The van der Waals surface area contributed by atoms with Gasteiger partial charge in [0.2, 0.25) is 5.91 Å². The number of carbonyl (C=O) groups excluding carboxylic acids is 3. The highest BCUT2D eigenvalue weighted by atomic mass is 19.1. The highest BCUT2D eigenvalue weighted by Gasteiger charge is 2.48. The van der Waals surface area contributed by atoms with E-state index in [4.69, 9.17) is 4.74 Å². The highest BCUT2D eigenvalue weighted by molar-refractivity contribution is 6.04. The van der Waals surface area contributed by atoms with Crippen LogP contribution in [0.25, 0.3) is 0 Å². The van der Waals surface area contributed by atoms with Crippen LogP contribution in [0, 0.1) is 23.0 Å². The van der Waals surface area contributed by atoms with Crippen LogP contribution in [0.2, 0.25) is 0 Å². The summed E-state index contributed by atoms with van der Waals surface area (Å²) in [5.41, 5.74) is 1.09. The van der Waals surface area contributed by atoms with E-state index < -0.39 is 23.0 Å². The molecule has 0 aliphatic carbocycles. The van der Waals surface area contributed by atoms with E-state index in [9.17, 15) is 23.2 Å². The molecule has 186 valence electrons. The predicted octanol–water partition coefficient (Wildman–Crippen LogP) is 6.28. The van der Waals surface area contributed by atoms with Gasteiger partial charge in [-0.25, -0.2) is 8.78 Å². The Labute approximate surface area is 208 Å². The van der Waals surface area contributed by atoms with Crippen LogP contribution in [-0.4, -0.2) is 17.7 Å². The lowest BCUT2D eigenvalue weighted by Gasteiger charge is -2.47. The van der Waals surface area contributed by atoms with E-state index in [1.165, 1.54) is 36.4 Å². The maximum Gasteiger partial charge on any atom is 0.316 e. The van der Waals surface area contributed by atoms with Gasteiger partial charge in [-0.05, 0) is 93.4 Å². The van der Waals surface area contributed by atoms with Crippen LogP contribution in [0.15, 0.2) is 72.8 Å². The number of benzene rings is 3. The Hall–Kier alpha value is -3.87. The molecule has 1 fully saturated rings. The van der Waals surface area contributed by atoms with Crippen molar-refractivity contribution in [1.29, 1.82) is 0 Å². The number of anilines is 1. The molecule has 1 aliphatic heterocycles. The molecule has 1 saturated heterocycles. The zero-order valence-electron chi connectivity index (χ0n) is 20.3. The van der Waals surface area contributed by atoms with Crippen molar-refractivity contribution in [3.63, 3.8) is 0 Å². The Kier molecular flexibility index (Phi) is 7.02. The van der Waals surface area contributed by atoms with Gasteiger partial charge in [0.1, 0.15) is 17.4 Å². The molecule has 0 spiro atoms. The van der Waals surface area contributed by atoms with Crippen LogP contribution in [0.4, 0.5) is 14.5 Å². The summed E-state index contributed by atoms with van der Waals surface area (Å²) in [5, 5.41) is 0. The normalized spacial score (nSPS) is 17.5. The second-order valence-corrected chi connectivity index (χ2v) is 9.91. The SMILES string of the molecule is CC(C)(C)C(=O)Oc1ccc(C2C(CCC(=O)c3ccc(F)cc3)C(=O)N2c2ccc(F)cc2)cc1. The van der Waals surface area contributed by atoms with E-state index >= 15 is 0 Å². The number of hydrogen-bond donors (Lipinski definition) is 0. The molecule has 1 aliphatic rings. The van der Waals surface area contributed by atoms with Gasteiger partial charge in [-0.3, -0.25) is 14.4 Å². The minimum atomic E-state index is -0.652. The van der Waals surface area contributed by atoms with Gasteiger partial charge in [-0.15, -0.1) is 0 Å². The van der Waals surface area contributed by atoms with E-state index in [1.807, 2.05) is 0 Å². The maximum absolute atomic E-state index is 13.5. The van der Waals surface area contributed by atoms with E-state index in [1.54, 1.807) is 62.1 Å². The van der Waals surface area contributed by atoms with Crippen LogP contribution in [0.3, 0.4) is 0 Å². The largest absolute Gasteiger partial charge is 0.426 e. The quantitative estimate of drug-likeness (QED) is 0.169. The molecule has 1 heterocycles. The number of Topliss-reactive ketones (excluding diaryl/α,β-unsaturated/α-hetero) is 1. The summed E-state index contributed by atoms with van der Waals surface area (Å²) in [6.45, 7) is 5.30. The Morgan fingerprint density at radius 2 is 1.42 bits per heavy atom. The maximum atomic E-state index is 13.5. The lowest BCUT2D eigenvalue weighted by Crippen LogP contribution is -2.55. The Morgan fingerprint density at radius 3 is 1.97 bits per heavy atom. The van der Waals surface area contributed by atoms with Crippen LogP contribution >= 0.6 is 0 Å². The van der Waals surface area contributed by atoms with E-state index in [0.717, 1.165) is 5.56 Å². The second-order valence-electron chi connectivity index (χ2n) is 9.91. The molecule has 0 bridgehead atoms. The smallest absolute Gasteiger partial charge is 0.316 e. The van der Waals surface area contributed by atoms with Gasteiger partial charge in [0.15, 0.2) is 5.78 Å². The predicted molar refractivity (Wildman–Crippen MR) is 132 cm³/mol. The molecule has 0 N–H and O–H groups in total. The molecular formula is C29H27F2NO4. The number of ether oxygens (including phenoxy) is 1. The highest BCUT2D eigenvalue weighted by Crippen LogP contribution is 2.46. The van der Waals surface area contributed by atoms with Crippen molar-refractivity contribution >= 4 is 23.3 Å². The van der Waals surface area contributed by atoms with E-state index in [2.05, 4.69) is 0 Å². The second kappa shape index (κ2) is 10.0. The lowest BCUT2D eigenvalue weighted by molar-refractivity contribution is -0.143. The average Bonchev–Trinajstić information content (AvgIpc) is 2.84. The van der Waals surface area contributed by atoms with Gasteiger partial charge < -0.3 is 9.64 Å². The zero-order chi connectivity index (χ0) is 26.0. The number of esters is 1. The van der Waals surface area contributed by atoms with Crippen molar-refractivity contribution in [3.8, 4) is 5.75 Å². The molecule has 3 aromatic rings. The molecule has 5 nitrogen and oxygen atoms in total. The standard InChI is InChI=1S/C29H27F2NO4/c1-29(2,3)28(35)36-23-14-6-19(7-15-23)26-24(16-17-25(33)18-4-8-20(30)9-5-18)27(34)32(26)22-12-10-21(31)11-13-22/h4-15,24,26H,16-17H2,1-3H3. The summed E-state index contributed by atoms with van der Waals surface area (Å²) >= 11 is 0. The van der Waals surface area contributed by atoms with Crippen molar-refractivity contribution in [2.45, 2.75) is 39.7 Å². The topological polar surface area (TPSA) is 63.7 Å². The fraction of sp³-hybridized carbons (Fsp3) is 0.276. The van der Waals surface area contributed by atoms with Crippen LogP contribution in [0.1, 0.15) is 55.6 Å². The molecule has 0 saturated carbocycles. The minimum Gasteiger partial charge on any atom is -0.426 e. The summed E-state index contributed by atoms with van der Waals surface area (Å²) in [5.74, 6) is -1.61. The molecule has 2 atom stereocenters. The number of nitrogens with zero attached hydrogens (tertiary/aromatic N) is 1. The van der Waals surface area contributed by atoms with Crippen LogP contribution < -0.4 is 9.64 Å². The molecule has 1 amide bonds. The number of carbonyl (C=O) groups is 3. The van der Waals surface area contributed by atoms with Crippen LogP contribution in [0.5, 0.6) is 5.75 Å². The van der Waals surface area contributed by atoms with E-state index in [-0.39, 0.29) is 30.1 Å². The van der Waals surface area contributed by atoms with Crippen molar-refractivity contribution in [2.75, 3.05) is 4.90 Å². The Bertz CT molecular complexity index is 1260. The molecule has 0 aromatic heterocycles. The fourth-order valence-electron chi connectivity index (χ4n) is 4.16. The molecular weight excluding hydrogens is 464 g/mol. The van der Waals surface area contributed by atoms with Crippen molar-refractivity contribution < 1.29 is 27.9 Å². The molecule has 0 radical (unpaired) electrons. The van der Waals surface area contributed by atoms with Crippen LogP contribution in [-0.2, 0) is 9.59 Å². The van der Waals surface area contributed by atoms with E-state index in [0.29, 0.717) is 23.4 Å². The van der Waals surface area contributed by atoms with Gasteiger partial charge in [0.05, 0.1) is 17.4 Å². The Morgan fingerprint density at radius 1 is 0.861 bits per heavy atom. The first-order valence-electron chi connectivity index (χ1n) is 11.7. The first kappa shape index (κ1) is 25.2. The molecule has 7 heteroatoms. The molecule has 2 unspecified atom stereocenters. The number of halogens is 2. The lowest BCUT2D eigenvalue weighted by atomic mass is 9.78.